The van der Waals surface area contributed by atoms with Gasteiger partial charge in [-0.1, -0.05) is 56.7 Å². The Labute approximate surface area is 222 Å². The van der Waals surface area contributed by atoms with Crippen LogP contribution in [0.25, 0.3) is 0 Å². The van der Waals surface area contributed by atoms with Crippen molar-refractivity contribution in [2.24, 2.45) is 11.8 Å². The van der Waals surface area contributed by atoms with Gasteiger partial charge in [-0.3, -0.25) is 14.4 Å². The number of aliphatic hydroxyl groups is 1. The third-order valence-corrected chi connectivity index (χ3v) is 6.19. The highest BCUT2D eigenvalue weighted by atomic mass is 16.5. The van der Waals surface area contributed by atoms with Crippen LogP contribution in [0.15, 0.2) is 58.4 Å². The number of carbonyl (C=O) groups excluding carboxylic acids is 4. The highest BCUT2D eigenvalue weighted by Crippen LogP contribution is 2.24. The molecule has 2 bridgehead atoms. The summed E-state index contributed by atoms with van der Waals surface area (Å²) in [7, 11) is 0. The smallest absolute Gasteiger partial charge is 0.355 e. The maximum atomic E-state index is 13.1. The van der Waals surface area contributed by atoms with Gasteiger partial charge in [-0.2, -0.15) is 0 Å². The van der Waals surface area contributed by atoms with E-state index in [1.165, 1.54) is 11.0 Å². The number of oxazole rings is 1. The molecule has 0 radical (unpaired) electrons. The summed E-state index contributed by atoms with van der Waals surface area (Å²) in [5.41, 5.74) is 0.809. The predicted molar refractivity (Wildman–Crippen MR) is 139 cm³/mol. The van der Waals surface area contributed by atoms with Crippen molar-refractivity contribution in [3.8, 4) is 0 Å². The number of ether oxygens (including phenoxy) is 1. The minimum absolute atomic E-state index is 0.0315. The van der Waals surface area contributed by atoms with E-state index in [0.29, 0.717) is 6.42 Å². The molecule has 1 aromatic heterocycles. The first-order valence-electron chi connectivity index (χ1n) is 12.7. The van der Waals surface area contributed by atoms with Crippen molar-refractivity contribution in [2.75, 3.05) is 13.1 Å². The van der Waals surface area contributed by atoms with Gasteiger partial charge in [-0.25, -0.2) is 9.78 Å². The van der Waals surface area contributed by atoms with Crippen molar-refractivity contribution in [1.29, 1.82) is 0 Å². The molecule has 1 aromatic rings. The fourth-order valence-electron chi connectivity index (χ4n) is 4.33. The van der Waals surface area contributed by atoms with E-state index in [-0.39, 0.29) is 66.7 Å². The maximum Gasteiger partial charge on any atom is 0.355 e. The van der Waals surface area contributed by atoms with Gasteiger partial charge in [-0.15, -0.1) is 0 Å². The van der Waals surface area contributed by atoms with Crippen molar-refractivity contribution in [3.63, 3.8) is 0 Å². The van der Waals surface area contributed by atoms with Crippen LogP contribution < -0.4 is 5.32 Å². The molecule has 3 heterocycles. The van der Waals surface area contributed by atoms with Gasteiger partial charge in [0, 0.05) is 25.4 Å². The molecule has 10 heteroatoms. The summed E-state index contributed by atoms with van der Waals surface area (Å²) in [6, 6.07) is 0. The lowest BCUT2D eigenvalue weighted by molar-refractivity contribution is -0.149. The molecule has 2 amide bonds. The van der Waals surface area contributed by atoms with Crippen molar-refractivity contribution >= 4 is 23.6 Å². The second kappa shape index (κ2) is 13.1. The summed E-state index contributed by atoms with van der Waals surface area (Å²) in [5.74, 6) is -2.07. The number of amides is 2. The van der Waals surface area contributed by atoms with Crippen LogP contribution in [-0.2, 0) is 25.5 Å². The zero-order chi connectivity index (χ0) is 27.8. The number of hydrogen-bond acceptors (Lipinski definition) is 8. The van der Waals surface area contributed by atoms with E-state index >= 15 is 0 Å². The van der Waals surface area contributed by atoms with E-state index < -0.39 is 24.1 Å². The number of aromatic nitrogens is 1. The molecule has 0 aromatic carbocycles. The van der Waals surface area contributed by atoms with Crippen LogP contribution in [0.4, 0.5) is 0 Å². The molecule has 204 valence electrons. The van der Waals surface area contributed by atoms with Crippen molar-refractivity contribution in [3.05, 3.63) is 65.6 Å². The summed E-state index contributed by atoms with van der Waals surface area (Å²) < 4.78 is 11.1. The maximum absolute atomic E-state index is 13.1. The highest BCUT2D eigenvalue weighted by molar-refractivity contribution is 6.00. The number of rotatable bonds is 1. The van der Waals surface area contributed by atoms with Gasteiger partial charge >= 0.3 is 5.97 Å². The predicted octanol–water partition coefficient (Wildman–Crippen LogP) is 2.66. The quantitative estimate of drug-likeness (QED) is 0.534. The van der Waals surface area contributed by atoms with Gasteiger partial charge in [0.1, 0.15) is 23.8 Å². The number of Topliss-reactive ketones (excluding diaryl/α,β-unsaturated/α-hetero) is 1. The van der Waals surface area contributed by atoms with Gasteiger partial charge in [0.25, 0.3) is 5.91 Å². The number of fused-ring (bicyclic) bond motifs is 3. The molecular weight excluding hydrogens is 490 g/mol. The molecule has 0 aliphatic carbocycles. The Hall–Kier alpha value is -3.79. The minimum atomic E-state index is -1.01. The number of ketones is 1. The number of hydrogen-bond donors (Lipinski definition) is 2. The number of nitrogens with zero attached hydrogens (tertiary/aromatic N) is 2. The lowest BCUT2D eigenvalue weighted by Crippen LogP contribution is -2.36. The van der Waals surface area contributed by atoms with Crippen LogP contribution in [0.5, 0.6) is 0 Å². The monoisotopic (exact) mass is 525 g/mol. The molecule has 2 aliphatic heterocycles. The average molecular weight is 526 g/mol. The van der Waals surface area contributed by atoms with E-state index in [2.05, 4.69) is 10.3 Å². The standard InChI is InChI=1S/C28H35N3O7/c1-17(2)26-19(4)9-10-24(34)29-11-5-7-18(3)13-20(32)14-21(33)15-25-30-22(16-37-25)27(35)31-12-6-8-23(31)28(36)38-26/h5,7-10,13,16-17,19-20,26,32H,6,11-12,14-15H2,1-4H3,(H,29,34)/b7-5-,10-9?,18-13-/t19-,20-,26-/m1/s1. The molecule has 0 unspecified atom stereocenters. The SMILES string of the molecule is CC1=C/[C@@H](O)CC(=O)Cc2nc(co2)C(=O)N2CCC=C2C(=O)O[C@H](C(C)C)[C@H](C)C=CC(=O)NC/C=C\1. The fourth-order valence-corrected chi connectivity index (χ4v) is 4.33. The molecule has 2 N–H and O–H groups in total. The summed E-state index contributed by atoms with van der Waals surface area (Å²) in [5, 5.41) is 13.0. The Bertz CT molecular complexity index is 1170. The molecule has 10 nitrogen and oxygen atoms in total. The van der Waals surface area contributed by atoms with Crippen LogP contribution in [0.3, 0.4) is 0 Å². The number of esters is 1. The lowest BCUT2D eigenvalue weighted by atomic mass is 9.94. The van der Waals surface area contributed by atoms with E-state index in [0.717, 1.165) is 11.8 Å². The van der Waals surface area contributed by atoms with Crippen LogP contribution in [-0.4, -0.2) is 63.9 Å². The van der Waals surface area contributed by atoms with Gasteiger partial charge in [0.2, 0.25) is 11.8 Å². The molecule has 38 heavy (non-hydrogen) atoms. The normalized spacial score (nSPS) is 26.8. The van der Waals surface area contributed by atoms with Gasteiger partial charge < -0.3 is 24.5 Å². The number of cyclic esters (lactones) is 1. The van der Waals surface area contributed by atoms with Crippen molar-refractivity contribution in [1.82, 2.24) is 15.2 Å². The molecule has 0 spiro atoms. The van der Waals surface area contributed by atoms with Crippen LogP contribution in [0.2, 0.25) is 0 Å². The second-order valence-electron chi connectivity index (χ2n) is 9.84. The Balaban J connectivity index is 1.86. The number of carbonyl (C=O) groups is 4. The van der Waals surface area contributed by atoms with E-state index in [1.54, 1.807) is 37.3 Å². The molecule has 3 rings (SSSR count). The molecule has 0 saturated heterocycles. The Morgan fingerprint density at radius 3 is 2.68 bits per heavy atom. The number of nitrogens with one attached hydrogen (secondary N) is 1. The third kappa shape index (κ3) is 7.85. The summed E-state index contributed by atoms with van der Waals surface area (Å²) in [4.78, 5) is 56.3. The summed E-state index contributed by atoms with van der Waals surface area (Å²) in [6.45, 7) is 8.00. The first-order chi connectivity index (χ1) is 18.0. The van der Waals surface area contributed by atoms with E-state index in [1.807, 2.05) is 20.8 Å². The van der Waals surface area contributed by atoms with Gasteiger partial charge in [0.05, 0.1) is 12.5 Å². The summed E-state index contributed by atoms with van der Waals surface area (Å²) in [6.07, 6.45) is 9.48. The fraction of sp³-hybridized carbons (Fsp3) is 0.464. The number of allylic oxidation sites excluding steroid dienone is 2. The highest BCUT2D eigenvalue weighted by Gasteiger charge is 2.33. The average Bonchev–Trinajstić information content (AvgIpc) is 3.52. The summed E-state index contributed by atoms with van der Waals surface area (Å²) >= 11 is 0. The Kier molecular flexibility index (Phi) is 9.95. The van der Waals surface area contributed by atoms with Gasteiger partial charge in [0.15, 0.2) is 5.69 Å². The first kappa shape index (κ1) is 28.8. The Morgan fingerprint density at radius 2 is 1.95 bits per heavy atom. The van der Waals surface area contributed by atoms with E-state index in [4.69, 9.17) is 9.15 Å². The molecule has 2 aliphatic rings. The van der Waals surface area contributed by atoms with Crippen molar-refractivity contribution in [2.45, 2.75) is 59.2 Å². The van der Waals surface area contributed by atoms with Gasteiger partial charge in [-0.05, 0) is 25.3 Å². The van der Waals surface area contributed by atoms with Crippen molar-refractivity contribution < 1.29 is 33.4 Å². The first-order valence-corrected chi connectivity index (χ1v) is 12.7. The van der Waals surface area contributed by atoms with Crippen LogP contribution in [0.1, 0.15) is 56.9 Å². The number of aliphatic hydroxyl groups excluding tert-OH is 1. The Morgan fingerprint density at radius 1 is 1.18 bits per heavy atom. The topological polar surface area (TPSA) is 139 Å². The van der Waals surface area contributed by atoms with E-state index in [9.17, 15) is 24.3 Å². The van der Waals surface area contributed by atoms with Crippen LogP contribution in [0, 0.1) is 11.8 Å². The minimum Gasteiger partial charge on any atom is -0.457 e. The second-order valence-corrected chi connectivity index (χ2v) is 9.84. The molecular formula is C28H35N3O7. The molecule has 0 fully saturated rings. The zero-order valence-corrected chi connectivity index (χ0v) is 22.2. The molecule has 0 saturated carbocycles. The third-order valence-electron chi connectivity index (χ3n) is 6.19. The lowest BCUT2D eigenvalue weighted by Gasteiger charge is -2.27. The zero-order valence-electron chi connectivity index (χ0n) is 22.2. The molecule has 3 atom stereocenters. The van der Waals surface area contributed by atoms with Crippen LogP contribution >= 0.6 is 0 Å². The largest absolute Gasteiger partial charge is 0.457 e.